The highest BCUT2D eigenvalue weighted by molar-refractivity contribution is 5.93. The summed E-state index contributed by atoms with van der Waals surface area (Å²) in [4.78, 5) is 50.2. The fraction of sp³-hybridized carbons (Fsp3) is 0.523. The molecule has 8 rings (SSSR count). The molecule has 1 spiro atoms. The van der Waals surface area contributed by atoms with Gasteiger partial charge in [-0.1, -0.05) is 55.8 Å². The number of ether oxygens (including phenoxy) is 4. The molecule has 0 radical (unpaired) electrons. The minimum atomic E-state index is -2.28. The van der Waals surface area contributed by atoms with Crippen LogP contribution in [-0.2, 0) is 39.4 Å². The van der Waals surface area contributed by atoms with E-state index in [0.717, 1.165) is 35.1 Å². The van der Waals surface area contributed by atoms with Crippen LogP contribution in [0.2, 0.25) is 0 Å². The smallest absolute Gasteiger partial charge is 0.344 e. The van der Waals surface area contributed by atoms with Gasteiger partial charge in [0.15, 0.2) is 6.10 Å². The van der Waals surface area contributed by atoms with Crippen LogP contribution in [0.25, 0.3) is 10.9 Å². The van der Waals surface area contributed by atoms with Gasteiger partial charge in [0.05, 0.1) is 27.4 Å². The number of carbonyl (C=O) groups excluding carboxylic acids is 3. The Morgan fingerprint density at radius 3 is 2.52 bits per heavy atom. The van der Waals surface area contributed by atoms with Gasteiger partial charge in [-0.2, -0.15) is 0 Å². The van der Waals surface area contributed by atoms with E-state index in [2.05, 4.69) is 46.4 Å². The van der Waals surface area contributed by atoms with Gasteiger partial charge in [0, 0.05) is 79.0 Å². The quantitative estimate of drug-likeness (QED) is 0.152. The molecule has 0 bridgehead atoms. The largest absolute Gasteiger partial charge is 0.496 e. The van der Waals surface area contributed by atoms with Crippen LogP contribution in [0.3, 0.4) is 0 Å². The Bertz CT molecular complexity index is 2110. The fourth-order valence-electron chi connectivity index (χ4n) is 11.9. The summed E-state index contributed by atoms with van der Waals surface area (Å²) < 4.78 is 23.7. The molecule has 5 heterocycles. The number of rotatable bonds is 10. The number of nitrogens with zero attached hydrogens (tertiary/aromatic N) is 2. The number of aromatic nitrogens is 1. The van der Waals surface area contributed by atoms with E-state index in [9.17, 15) is 19.5 Å². The topological polar surface area (TPSA) is 143 Å². The summed E-state index contributed by atoms with van der Waals surface area (Å²) in [5.41, 5.74) is -0.370. The molecule has 5 aliphatic rings. The lowest BCUT2D eigenvalue weighted by Gasteiger charge is -2.63. The van der Waals surface area contributed by atoms with Crippen molar-refractivity contribution in [1.29, 1.82) is 0 Å². The Hall–Kier alpha value is -4.65. The molecule has 2 fully saturated rings. The molecule has 56 heavy (non-hydrogen) atoms. The molecule has 0 amide bonds. The average Bonchev–Trinajstić information content (AvgIpc) is 3.90. The van der Waals surface area contributed by atoms with E-state index in [4.69, 9.17) is 18.9 Å². The van der Waals surface area contributed by atoms with E-state index in [0.29, 0.717) is 55.9 Å². The number of hydrogen-bond donors (Lipinski definition) is 3. The molecule has 8 atom stereocenters. The van der Waals surface area contributed by atoms with Crippen LogP contribution in [0.1, 0.15) is 63.3 Å². The molecule has 1 saturated carbocycles. The normalized spacial score (nSPS) is 31.5. The number of aromatic amines is 1. The number of para-hydroxylation sites is 1. The third kappa shape index (κ3) is 5.04. The van der Waals surface area contributed by atoms with Crippen molar-refractivity contribution < 1.29 is 38.4 Å². The van der Waals surface area contributed by atoms with E-state index < -0.39 is 51.9 Å². The number of hydrogen-bond acceptors (Lipinski definition) is 11. The zero-order chi connectivity index (χ0) is 39.8. The zero-order valence-electron chi connectivity index (χ0n) is 33.4. The van der Waals surface area contributed by atoms with Crippen molar-refractivity contribution in [1.82, 2.24) is 15.2 Å². The summed E-state index contributed by atoms with van der Waals surface area (Å²) in [6.07, 6.45) is 7.49. The summed E-state index contributed by atoms with van der Waals surface area (Å²) in [6, 6.07) is 12.9. The standard InChI is InChI=1S/C44H54N4O8/c1-8-27-19-28(25-45-24-27)23-43(39(50)54-6,35-20-29-13-10-11-14-32(29)46-35)31-21-30-33(22-34(31)53-5)47(4)37-42(30)16-18-48-17-12-15-41(9-2,36(42)48)38(56-26(3)49)44(37,52)40(51)55-7/h10-15,19-22,28,36-38,45-46,52H,8-9,16-18,23-25H2,1-7H3/t28-,36-,37+,38+,41+,42?,43-,44-/m0/s1. The van der Waals surface area contributed by atoms with Crippen LogP contribution >= 0.6 is 0 Å². The summed E-state index contributed by atoms with van der Waals surface area (Å²) in [5, 5.41) is 17.8. The maximum Gasteiger partial charge on any atom is 0.344 e. The van der Waals surface area contributed by atoms with Crippen molar-refractivity contribution in [2.24, 2.45) is 11.3 Å². The molecule has 12 nitrogen and oxygen atoms in total. The van der Waals surface area contributed by atoms with Crippen molar-refractivity contribution in [2.75, 3.05) is 59.5 Å². The van der Waals surface area contributed by atoms with Crippen LogP contribution in [0, 0.1) is 11.3 Å². The number of carbonyl (C=O) groups is 3. The van der Waals surface area contributed by atoms with E-state index in [1.165, 1.54) is 26.7 Å². The Morgan fingerprint density at radius 1 is 1.05 bits per heavy atom. The Labute approximate surface area is 328 Å². The van der Waals surface area contributed by atoms with Gasteiger partial charge in [-0.15, -0.1) is 0 Å². The summed E-state index contributed by atoms with van der Waals surface area (Å²) in [7, 11) is 6.16. The first-order valence-electron chi connectivity index (χ1n) is 19.8. The summed E-state index contributed by atoms with van der Waals surface area (Å²) in [5.74, 6) is -1.45. The second kappa shape index (κ2) is 13.8. The first-order chi connectivity index (χ1) is 26.9. The molecule has 1 saturated heterocycles. The minimum Gasteiger partial charge on any atom is -0.496 e. The highest BCUT2D eigenvalue weighted by Gasteiger charge is 2.80. The Balaban J connectivity index is 1.45. The lowest BCUT2D eigenvalue weighted by atomic mass is 9.47. The summed E-state index contributed by atoms with van der Waals surface area (Å²) >= 11 is 0. The van der Waals surface area contributed by atoms with Crippen LogP contribution in [0.4, 0.5) is 5.69 Å². The van der Waals surface area contributed by atoms with Gasteiger partial charge in [-0.3, -0.25) is 14.5 Å². The molecule has 298 valence electrons. The lowest BCUT2D eigenvalue weighted by molar-refractivity contribution is -0.228. The predicted octanol–water partition coefficient (Wildman–Crippen LogP) is 4.53. The van der Waals surface area contributed by atoms with Gasteiger partial charge in [-0.05, 0) is 67.3 Å². The predicted molar refractivity (Wildman–Crippen MR) is 212 cm³/mol. The van der Waals surface area contributed by atoms with Crippen molar-refractivity contribution in [3.8, 4) is 5.75 Å². The van der Waals surface area contributed by atoms with E-state index in [1.807, 2.05) is 55.3 Å². The SMILES string of the molecule is CCC1=C[C@@H](C[C@@](C(=O)OC)(c2cc3ccccc3[nH]2)c2cc3c(cc2OC)N(C)[C@@H]2C34CCN3CC=C[C@](CC)([C@H]34)[C@@H](OC(C)=O)[C@]2(O)C(=O)OC)CNC1. The van der Waals surface area contributed by atoms with E-state index >= 15 is 0 Å². The van der Waals surface area contributed by atoms with Crippen molar-refractivity contribution in [3.63, 3.8) is 0 Å². The van der Waals surface area contributed by atoms with Crippen LogP contribution in [0.15, 0.2) is 66.3 Å². The molecule has 1 aromatic heterocycles. The average molecular weight is 767 g/mol. The number of H-pyrrole nitrogens is 1. The number of benzene rings is 2. The number of fused-ring (bicyclic) bond motifs is 2. The molecule has 4 aliphatic heterocycles. The summed E-state index contributed by atoms with van der Waals surface area (Å²) in [6.45, 7) is 8.28. The third-order valence-electron chi connectivity index (χ3n) is 14.0. The second-order valence-electron chi connectivity index (χ2n) is 16.4. The fourth-order valence-corrected chi connectivity index (χ4v) is 11.9. The molecule has 3 N–H and O–H groups in total. The van der Waals surface area contributed by atoms with Crippen LogP contribution in [-0.4, -0.2) is 111 Å². The number of anilines is 1. The zero-order valence-corrected chi connectivity index (χ0v) is 33.4. The van der Waals surface area contributed by atoms with Crippen LogP contribution < -0.4 is 15.0 Å². The number of aliphatic hydroxyl groups is 1. The Morgan fingerprint density at radius 2 is 1.84 bits per heavy atom. The van der Waals surface area contributed by atoms with E-state index in [-0.39, 0.29) is 12.0 Å². The molecule has 1 unspecified atom stereocenters. The molecule has 3 aromatic rings. The number of likely N-dealkylation sites (N-methyl/N-ethyl adjacent to an activating group) is 1. The maximum absolute atomic E-state index is 15.0. The van der Waals surface area contributed by atoms with Gasteiger partial charge < -0.3 is 39.3 Å². The van der Waals surface area contributed by atoms with Gasteiger partial charge in [0.1, 0.15) is 11.2 Å². The number of nitrogens with one attached hydrogen (secondary N) is 2. The third-order valence-corrected chi connectivity index (χ3v) is 14.0. The second-order valence-corrected chi connectivity index (χ2v) is 16.4. The molecule has 1 aliphatic carbocycles. The maximum atomic E-state index is 15.0. The van der Waals surface area contributed by atoms with Gasteiger partial charge in [-0.25, -0.2) is 4.79 Å². The van der Waals surface area contributed by atoms with Crippen molar-refractivity contribution in [2.45, 2.75) is 81.1 Å². The lowest BCUT2D eigenvalue weighted by Crippen LogP contribution is -2.81. The molecule has 2 aromatic carbocycles. The van der Waals surface area contributed by atoms with Crippen molar-refractivity contribution >= 4 is 34.5 Å². The van der Waals surface area contributed by atoms with Gasteiger partial charge in [0.2, 0.25) is 5.60 Å². The first-order valence-corrected chi connectivity index (χ1v) is 19.8. The first kappa shape index (κ1) is 38.2. The van der Waals surface area contributed by atoms with Gasteiger partial charge >= 0.3 is 17.9 Å². The number of esters is 3. The van der Waals surface area contributed by atoms with Crippen molar-refractivity contribution in [3.05, 3.63) is 83.1 Å². The van der Waals surface area contributed by atoms with E-state index in [1.54, 1.807) is 7.11 Å². The number of methoxy groups -OCH3 is 3. The Kier molecular flexibility index (Phi) is 9.41. The van der Waals surface area contributed by atoms with Gasteiger partial charge in [0.25, 0.3) is 0 Å². The van der Waals surface area contributed by atoms with Crippen LogP contribution in [0.5, 0.6) is 5.75 Å². The molecule has 12 heteroatoms. The highest BCUT2D eigenvalue weighted by Crippen LogP contribution is 2.68. The highest BCUT2D eigenvalue weighted by atomic mass is 16.6. The minimum absolute atomic E-state index is 0.0301. The monoisotopic (exact) mass is 766 g/mol. The molecular formula is C44H54N4O8. The molecular weight excluding hydrogens is 713 g/mol.